The molecule has 4 fully saturated rings. The van der Waals surface area contributed by atoms with Crippen molar-refractivity contribution in [3.63, 3.8) is 0 Å². The molecule has 5 rings (SSSR count). The number of rotatable bonds is 12. The lowest BCUT2D eigenvalue weighted by molar-refractivity contribution is -0.241. The molecule has 11 atom stereocenters. The Morgan fingerprint density at radius 3 is 2.58 bits per heavy atom. The van der Waals surface area contributed by atoms with E-state index in [2.05, 4.69) is 54.5 Å². The van der Waals surface area contributed by atoms with E-state index in [-0.39, 0.29) is 24.5 Å². The van der Waals surface area contributed by atoms with E-state index in [1.807, 2.05) is 0 Å². The molecule has 0 aromatic carbocycles. The van der Waals surface area contributed by atoms with Crippen LogP contribution in [0.4, 0.5) is 0 Å². The molecule has 0 radical (unpaired) electrons. The topological polar surface area (TPSA) is 44.8 Å². The van der Waals surface area contributed by atoms with Gasteiger partial charge in [0.2, 0.25) is 0 Å². The van der Waals surface area contributed by atoms with Crippen molar-refractivity contribution in [3.8, 4) is 0 Å². The molecular weight excluding hydrogens is 532 g/mol. The number of fused-ring (bicyclic) bond motifs is 5. The zero-order valence-electron chi connectivity index (χ0n) is 29.0. The highest BCUT2D eigenvalue weighted by molar-refractivity contribution is 5.69. The Morgan fingerprint density at radius 1 is 1.00 bits per heavy atom. The van der Waals surface area contributed by atoms with E-state index >= 15 is 0 Å². The van der Waals surface area contributed by atoms with E-state index in [0.717, 1.165) is 80.5 Å². The summed E-state index contributed by atoms with van der Waals surface area (Å²) in [5.41, 5.74) is 2.46. The Labute approximate surface area is 264 Å². The standard InChI is InChI=1S/C39H66O4/c1-8-30-24-28(5)41-37(43-30)15-10-9-14-36(40)42-31-20-22-38(6)29(25-31)16-17-32-34-19-18-33(27(4)13-11-12-26(2)3)39(34,7)23-21-35(32)38/h16,26-28,30-35,37H,8-15,17-25H2,1-7H3. The van der Waals surface area contributed by atoms with E-state index in [4.69, 9.17) is 14.2 Å². The van der Waals surface area contributed by atoms with Crippen molar-refractivity contribution in [3.05, 3.63) is 11.6 Å². The quantitative estimate of drug-likeness (QED) is 0.127. The maximum absolute atomic E-state index is 12.8. The smallest absolute Gasteiger partial charge is 0.306 e. The number of esters is 1. The van der Waals surface area contributed by atoms with Crippen LogP contribution in [0.1, 0.15) is 158 Å². The molecule has 0 spiro atoms. The first-order valence-corrected chi connectivity index (χ1v) is 18.7. The van der Waals surface area contributed by atoms with Gasteiger partial charge in [0, 0.05) is 12.8 Å². The van der Waals surface area contributed by atoms with Gasteiger partial charge in [-0.1, -0.05) is 72.5 Å². The maximum Gasteiger partial charge on any atom is 0.306 e. The summed E-state index contributed by atoms with van der Waals surface area (Å²) < 4.78 is 18.1. The van der Waals surface area contributed by atoms with E-state index in [1.165, 1.54) is 57.8 Å². The first kappa shape index (κ1) is 33.5. The van der Waals surface area contributed by atoms with Crippen molar-refractivity contribution in [2.45, 2.75) is 182 Å². The molecule has 0 aromatic rings. The van der Waals surface area contributed by atoms with E-state index < -0.39 is 0 Å². The van der Waals surface area contributed by atoms with Crippen molar-refractivity contribution in [1.82, 2.24) is 0 Å². The van der Waals surface area contributed by atoms with Gasteiger partial charge in [0.15, 0.2) is 6.29 Å². The zero-order chi connectivity index (χ0) is 30.8. The van der Waals surface area contributed by atoms with Gasteiger partial charge in [-0.25, -0.2) is 0 Å². The SMILES string of the molecule is CCC1CC(C)OC(CCCCC(=O)OC2CCC3(C)C(=CCC4C3CCC3(C)C(C(C)CCCC(C)C)CCC43)C2)O1. The second kappa shape index (κ2) is 14.3. The van der Waals surface area contributed by atoms with E-state index in [1.54, 1.807) is 5.57 Å². The third-order valence-corrected chi connectivity index (χ3v) is 13.4. The highest BCUT2D eigenvalue weighted by Gasteiger charge is 2.59. The Kier molecular flexibility index (Phi) is 11.1. The van der Waals surface area contributed by atoms with Crippen molar-refractivity contribution in [2.75, 3.05) is 0 Å². The van der Waals surface area contributed by atoms with Gasteiger partial charge in [0.1, 0.15) is 6.10 Å². The highest BCUT2D eigenvalue weighted by Crippen LogP contribution is 2.67. The lowest BCUT2D eigenvalue weighted by Gasteiger charge is -2.58. The number of ether oxygens (including phenoxy) is 3. The number of allylic oxidation sites excluding steroid dienone is 1. The average Bonchev–Trinajstić information content (AvgIpc) is 3.32. The summed E-state index contributed by atoms with van der Waals surface area (Å²) in [4.78, 5) is 12.8. The second-order valence-corrected chi connectivity index (χ2v) is 16.7. The van der Waals surface area contributed by atoms with Crippen LogP contribution in [0, 0.1) is 46.3 Å². The molecule has 0 bridgehead atoms. The van der Waals surface area contributed by atoms with Crippen molar-refractivity contribution in [2.24, 2.45) is 46.3 Å². The summed E-state index contributed by atoms with van der Waals surface area (Å²) in [5.74, 6) is 5.17. The Hall–Kier alpha value is -0.870. The summed E-state index contributed by atoms with van der Waals surface area (Å²) in [6, 6.07) is 0. The van der Waals surface area contributed by atoms with Gasteiger partial charge in [-0.05, 0) is 130 Å². The van der Waals surface area contributed by atoms with Crippen molar-refractivity contribution < 1.29 is 19.0 Å². The van der Waals surface area contributed by atoms with Crippen LogP contribution in [0.3, 0.4) is 0 Å². The van der Waals surface area contributed by atoms with Crippen LogP contribution in [-0.2, 0) is 19.0 Å². The molecule has 1 aliphatic heterocycles. The minimum Gasteiger partial charge on any atom is -0.462 e. The van der Waals surface area contributed by atoms with Gasteiger partial charge in [-0.2, -0.15) is 0 Å². The molecule has 246 valence electrons. The van der Waals surface area contributed by atoms with Crippen LogP contribution in [0.5, 0.6) is 0 Å². The van der Waals surface area contributed by atoms with Crippen molar-refractivity contribution >= 4 is 5.97 Å². The maximum atomic E-state index is 12.8. The van der Waals surface area contributed by atoms with Gasteiger partial charge in [0.25, 0.3) is 0 Å². The first-order valence-electron chi connectivity index (χ1n) is 18.7. The van der Waals surface area contributed by atoms with Crippen LogP contribution < -0.4 is 0 Å². The van der Waals surface area contributed by atoms with Crippen LogP contribution in [0.2, 0.25) is 0 Å². The summed E-state index contributed by atoms with van der Waals surface area (Å²) in [7, 11) is 0. The molecule has 4 nitrogen and oxygen atoms in total. The highest BCUT2D eigenvalue weighted by atomic mass is 16.7. The van der Waals surface area contributed by atoms with Crippen LogP contribution in [0.15, 0.2) is 11.6 Å². The normalized spacial score (nSPS) is 41.6. The molecule has 3 saturated carbocycles. The molecule has 0 N–H and O–H groups in total. The van der Waals surface area contributed by atoms with E-state index in [9.17, 15) is 4.79 Å². The van der Waals surface area contributed by atoms with Crippen LogP contribution >= 0.6 is 0 Å². The fraction of sp³-hybridized carbons (Fsp3) is 0.923. The summed E-state index contributed by atoms with van der Waals surface area (Å²) in [5, 5.41) is 0. The number of carbonyl (C=O) groups is 1. The fourth-order valence-corrected chi connectivity index (χ4v) is 11.0. The third kappa shape index (κ3) is 7.42. The molecule has 0 aromatic heterocycles. The van der Waals surface area contributed by atoms with Gasteiger partial charge >= 0.3 is 5.97 Å². The first-order chi connectivity index (χ1) is 20.5. The zero-order valence-corrected chi connectivity index (χ0v) is 29.0. The van der Waals surface area contributed by atoms with Gasteiger partial charge in [-0.3, -0.25) is 4.79 Å². The molecule has 43 heavy (non-hydrogen) atoms. The van der Waals surface area contributed by atoms with Gasteiger partial charge < -0.3 is 14.2 Å². The number of hydrogen-bond acceptors (Lipinski definition) is 4. The summed E-state index contributed by atoms with van der Waals surface area (Å²) in [6.07, 6.45) is 22.7. The average molecular weight is 599 g/mol. The molecule has 1 saturated heterocycles. The monoisotopic (exact) mass is 598 g/mol. The number of carbonyl (C=O) groups excluding carboxylic acids is 1. The molecule has 0 amide bonds. The van der Waals surface area contributed by atoms with Crippen molar-refractivity contribution in [1.29, 1.82) is 0 Å². The van der Waals surface area contributed by atoms with Gasteiger partial charge in [-0.15, -0.1) is 0 Å². The Bertz CT molecular complexity index is 957. The van der Waals surface area contributed by atoms with Crippen LogP contribution in [-0.4, -0.2) is 30.6 Å². The van der Waals surface area contributed by atoms with Crippen LogP contribution in [0.25, 0.3) is 0 Å². The molecule has 11 unspecified atom stereocenters. The lowest BCUT2D eigenvalue weighted by atomic mass is 9.47. The fourth-order valence-electron chi connectivity index (χ4n) is 11.0. The molecule has 5 aliphatic rings. The predicted molar refractivity (Wildman–Crippen MR) is 176 cm³/mol. The third-order valence-electron chi connectivity index (χ3n) is 13.4. The minimum absolute atomic E-state index is 0.0129. The molecular formula is C39H66O4. The Balaban J connectivity index is 1.09. The number of hydrogen-bond donors (Lipinski definition) is 0. The largest absolute Gasteiger partial charge is 0.462 e. The summed E-state index contributed by atoms with van der Waals surface area (Å²) >= 11 is 0. The molecule has 4 heteroatoms. The Morgan fingerprint density at radius 2 is 1.81 bits per heavy atom. The van der Waals surface area contributed by atoms with E-state index in [0.29, 0.717) is 23.4 Å². The second-order valence-electron chi connectivity index (χ2n) is 16.7. The minimum atomic E-state index is -0.117. The lowest BCUT2D eigenvalue weighted by Crippen LogP contribution is -2.51. The number of unbranched alkanes of at least 4 members (excludes halogenated alkanes) is 1. The van der Waals surface area contributed by atoms with Gasteiger partial charge in [0.05, 0.1) is 12.2 Å². The predicted octanol–water partition coefficient (Wildman–Crippen LogP) is 10.4. The molecule has 1 heterocycles. The molecule has 4 aliphatic carbocycles. The summed E-state index contributed by atoms with van der Waals surface area (Å²) in [6.45, 7) is 16.9.